The van der Waals surface area contributed by atoms with E-state index < -0.39 is 31.0 Å². The van der Waals surface area contributed by atoms with E-state index in [-0.39, 0.29) is 22.6 Å². The van der Waals surface area contributed by atoms with Crippen molar-refractivity contribution in [3.63, 3.8) is 0 Å². The molecule has 1 N–H and O–H groups in total. The zero-order chi connectivity index (χ0) is 20.7. The quantitative estimate of drug-likeness (QED) is 0.728. The number of hydrogen-bond donors (Lipinski definition) is 1. The maximum absolute atomic E-state index is 12.1. The number of methoxy groups -OCH3 is 1. The van der Waals surface area contributed by atoms with Crippen LogP contribution in [0, 0.1) is 6.92 Å². The van der Waals surface area contributed by atoms with E-state index in [2.05, 4.69) is 4.74 Å². The first kappa shape index (κ1) is 20.8. The van der Waals surface area contributed by atoms with Gasteiger partial charge in [0.05, 0.1) is 7.11 Å². The molecular formula is C19H17F2NO6. The standard InChI is InChI=1S/C19H17F2NO6/c1-11-3-8-15(26-2)14(9-11)18(25)27-10-16(23)22-17(24)12-4-6-13(7-5-12)28-19(20)21/h3-9,19H,10H2,1-2H3,(H,22,23,24). The summed E-state index contributed by atoms with van der Waals surface area (Å²) in [7, 11) is 1.39. The first-order valence-corrected chi connectivity index (χ1v) is 8.01. The van der Waals surface area contributed by atoms with E-state index in [1.807, 2.05) is 5.32 Å². The first-order valence-electron chi connectivity index (χ1n) is 8.01. The highest BCUT2D eigenvalue weighted by Gasteiger charge is 2.17. The van der Waals surface area contributed by atoms with Crippen molar-refractivity contribution in [3.8, 4) is 11.5 Å². The largest absolute Gasteiger partial charge is 0.496 e. The number of aryl methyl sites for hydroxylation is 1. The molecule has 0 fully saturated rings. The summed E-state index contributed by atoms with van der Waals surface area (Å²) < 4.78 is 38.3. The highest BCUT2D eigenvalue weighted by atomic mass is 19.3. The number of benzene rings is 2. The summed E-state index contributed by atoms with van der Waals surface area (Å²) >= 11 is 0. The van der Waals surface area contributed by atoms with Gasteiger partial charge in [-0.1, -0.05) is 11.6 Å². The number of hydrogen-bond acceptors (Lipinski definition) is 6. The number of imide groups is 1. The Morgan fingerprint density at radius 2 is 1.75 bits per heavy atom. The third kappa shape index (κ3) is 5.76. The van der Waals surface area contributed by atoms with Crippen LogP contribution in [-0.4, -0.2) is 38.1 Å². The van der Waals surface area contributed by atoms with E-state index in [4.69, 9.17) is 9.47 Å². The van der Waals surface area contributed by atoms with E-state index >= 15 is 0 Å². The molecule has 148 valence electrons. The van der Waals surface area contributed by atoms with Gasteiger partial charge in [0.2, 0.25) is 0 Å². The minimum Gasteiger partial charge on any atom is -0.496 e. The van der Waals surface area contributed by atoms with E-state index in [1.54, 1.807) is 25.1 Å². The molecule has 0 aliphatic carbocycles. The summed E-state index contributed by atoms with van der Waals surface area (Å²) in [5, 5.41) is 2.03. The molecule has 0 atom stereocenters. The number of nitrogens with one attached hydrogen (secondary N) is 1. The zero-order valence-corrected chi connectivity index (χ0v) is 15.0. The normalized spacial score (nSPS) is 10.3. The average molecular weight is 393 g/mol. The Morgan fingerprint density at radius 3 is 2.36 bits per heavy atom. The van der Waals surface area contributed by atoms with Crippen LogP contribution < -0.4 is 14.8 Å². The predicted molar refractivity (Wildman–Crippen MR) is 93.6 cm³/mol. The lowest BCUT2D eigenvalue weighted by molar-refractivity contribution is -0.123. The Labute approximate surface area is 159 Å². The molecule has 7 nitrogen and oxygen atoms in total. The van der Waals surface area contributed by atoms with Gasteiger partial charge in [-0.2, -0.15) is 8.78 Å². The summed E-state index contributed by atoms with van der Waals surface area (Å²) in [4.78, 5) is 35.9. The lowest BCUT2D eigenvalue weighted by Gasteiger charge is -2.10. The number of amides is 2. The van der Waals surface area contributed by atoms with Gasteiger partial charge in [-0.25, -0.2) is 4.79 Å². The van der Waals surface area contributed by atoms with Crippen molar-refractivity contribution in [2.75, 3.05) is 13.7 Å². The summed E-state index contributed by atoms with van der Waals surface area (Å²) in [5.41, 5.74) is 0.990. The number of rotatable bonds is 7. The van der Waals surface area contributed by atoms with Crippen molar-refractivity contribution in [1.29, 1.82) is 0 Å². The lowest BCUT2D eigenvalue weighted by Crippen LogP contribution is -2.34. The molecule has 2 rings (SSSR count). The number of halogens is 2. The van der Waals surface area contributed by atoms with Crippen LogP contribution in [-0.2, 0) is 9.53 Å². The van der Waals surface area contributed by atoms with Gasteiger partial charge in [0.15, 0.2) is 6.61 Å². The molecule has 0 bridgehead atoms. The van der Waals surface area contributed by atoms with Crippen molar-refractivity contribution < 1.29 is 37.4 Å². The fraction of sp³-hybridized carbons (Fsp3) is 0.211. The van der Waals surface area contributed by atoms with E-state index in [9.17, 15) is 23.2 Å². The molecule has 2 aromatic rings. The number of ether oxygens (including phenoxy) is 3. The summed E-state index contributed by atoms with van der Waals surface area (Å²) in [6, 6.07) is 9.64. The molecule has 0 spiro atoms. The summed E-state index contributed by atoms with van der Waals surface area (Å²) in [6.07, 6.45) is 0. The number of alkyl halides is 2. The zero-order valence-electron chi connectivity index (χ0n) is 15.0. The smallest absolute Gasteiger partial charge is 0.387 e. The van der Waals surface area contributed by atoms with Crippen LogP contribution in [0.4, 0.5) is 8.78 Å². The SMILES string of the molecule is COc1ccc(C)cc1C(=O)OCC(=O)NC(=O)c1ccc(OC(F)F)cc1. The number of carbonyl (C=O) groups excluding carboxylic acids is 3. The molecule has 0 saturated heterocycles. The van der Waals surface area contributed by atoms with E-state index in [0.29, 0.717) is 0 Å². The van der Waals surface area contributed by atoms with Crippen LogP contribution >= 0.6 is 0 Å². The van der Waals surface area contributed by atoms with Crippen LogP contribution in [0.2, 0.25) is 0 Å². The van der Waals surface area contributed by atoms with Crippen molar-refractivity contribution in [2.24, 2.45) is 0 Å². The molecule has 0 saturated carbocycles. The van der Waals surface area contributed by atoms with Crippen molar-refractivity contribution >= 4 is 17.8 Å². The highest BCUT2D eigenvalue weighted by Crippen LogP contribution is 2.20. The second-order valence-corrected chi connectivity index (χ2v) is 5.56. The molecule has 2 aromatic carbocycles. The Bertz CT molecular complexity index is 867. The Morgan fingerprint density at radius 1 is 1.07 bits per heavy atom. The fourth-order valence-electron chi connectivity index (χ4n) is 2.21. The molecule has 2 amide bonds. The molecule has 9 heteroatoms. The van der Waals surface area contributed by atoms with Gasteiger partial charge < -0.3 is 14.2 Å². The number of carbonyl (C=O) groups is 3. The van der Waals surface area contributed by atoms with E-state index in [1.165, 1.54) is 19.2 Å². The van der Waals surface area contributed by atoms with Crippen LogP contribution in [0.5, 0.6) is 11.5 Å². The van der Waals surface area contributed by atoms with Gasteiger partial charge in [0.25, 0.3) is 11.8 Å². The Balaban J connectivity index is 1.90. The predicted octanol–water partition coefficient (Wildman–Crippen LogP) is 2.72. The fourth-order valence-corrected chi connectivity index (χ4v) is 2.21. The monoisotopic (exact) mass is 393 g/mol. The van der Waals surface area contributed by atoms with Crippen LogP contribution in [0.3, 0.4) is 0 Å². The Hall–Kier alpha value is -3.49. The van der Waals surface area contributed by atoms with Gasteiger partial charge >= 0.3 is 12.6 Å². The number of esters is 1. The molecule has 0 aromatic heterocycles. The van der Waals surface area contributed by atoms with Gasteiger partial charge in [0.1, 0.15) is 17.1 Å². The highest BCUT2D eigenvalue weighted by molar-refractivity contribution is 6.05. The van der Waals surface area contributed by atoms with Crippen LogP contribution in [0.15, 0.2) is 42.5 Å². The Kier molecular flexibility index (Phi) is 7.02. The maximum atomic E-state index is 12.1. The maximum Gasteiger partial charge on any atom is 0.387 e. The van der Waals surface area contributed by atoms with Crippen LogP contribution in [0.1, 0.15) is 26.3 Å². The summed E-state index contributed by atoms with van der Waals surface area (Å²) in [6.45, 7) is -1.89. The molecule has 0 heterocycles. The third-order valence-corrected chi connectivity index (χ3v) is 3.50. The molecule has 0 aliphatic heterocycles. The van der Waals surface area contributed by atoms with Crippen molar-refractivity contribution in [2.45, 2.75) is 13.5 Å². The van der Waals surface area contributed by atoms with Gasteiger partial charge in [-0.15, -0.1) is 0 Å². The minimum atomic E-state index is -2.98. The average Bonchev–Trinajstić information content (AvgIpc) is 2.66. The van der Waals surface area contributed by atoms with Crippen molar-refractivity contribution in [3.05, 3.63) is 59.2 Å². The van der Waals surface area contributed by atoms with Gasteiger partial charge in [-0.05, 0) is 43.3 Å². The topological polar surface area (TPSA) is 90.9 Å². The van der Waals surface area contributed by atoms with Crippen LogP contribution in [0.25, 0.3) is 0 Å². The molecule has 0 unspecified atom stereocenters. The molecule has 0 radical (unpaired) electrons. The van der Waals surface area contributed by atoms with Crippen molar-refractivity contribution in [1.82, 2.24) is 5.32 Å². The van der Waals surface area contributed by atoms with Gasteiger partial charge in [0, 0.05) is 5.56 Å². The third-order valence-electron chi connectivity index (χ3n) is 3.50. The minimum absolute atomic E-state index is 0.0432. The second kappa shape index (κ2) is 9.45. The molecule has 0 aliphatic rings. The summed E-state index contributed by atoms with van der Waals surface area (Å²) in [5.74, 6) is -2.25. The van der Waals surface area contributed by atoms with Gasteiger partial charge in [-0.3, -0.25) is 14.9 Å². The first-order chi connectivity index (χ1) is 13.3. The second-order valence-electron chi connectivity index (χ2n) is 5.56. The molecule has 28 heavy (non-hydrogen) atoms. The molecular weight excluding hydrogens is 376 g/mol. The van der Waals surface area contributed by atoms with E-state index in [0.717, 1.165) is 17.7 Å². The lowest BCUT2D eigenvalue weighted by atomic mass is 10.1.